The van der Waals surface area contributed by atoms with Gasteiger partial charge in [-0.3, -0.25) is 5.10 Å². The van der Waals surface area contributed by atoms with Crippen LogP contribution in [0, 0.1) is 5.82 Å². The van der Waals surface area contributed by atoms with E-state index >= 15 is 0 Å². The van der Waals surface area contributed by atoms with Crippen molar-refractivity contribution in [2.75, 3.05) is 5.32 Å². The van der Waals surface area contributed by atoms with Gasteiger partial charge in [-0.1, -0.05) is 18.2 Å². The van der Waals surface area contributed by atoms with Crippen LogP contribution in [0.2, 0.25) is 0 Å². The van der Waals surface area contributed by atoms with Crippen molar-refractivity contribution in [3.05, 3.63) is 70.6 Å². The Morgan fingerprint density at radius 2 is 1.90 bits per heavy atom. The van der Waals surface area contributed by atoms with Crippen LogP contribution in [0.4, 0.5) is 10.1 Å². The number of nitrogens with zero attached hydrogens (tertiary/aromatic N) is 1. The van der Waals surface area contributed by atoms with Crippen molar-refractivity contribution in [3.8, 4) is 11.3 Å². The molecule has 5 heteroatoms. The van der Waals surface area contributed by atoms with Gasteiger partial charge < -0.3 is 5.32 Å². The third-order valence-electron chi connectivity index (χ3n) is 3.18. The van der Waals surface area contributed by atoms with Gasteiger partial charge in [-0.25, -0.2) is 4.39 Å². The smallest absolute Gasteiger partial charge is 0.137 e. The second-order valence-corrected chi connectivity index (χ2v) is 5.50. The molecule has 106 valence electrons. The molecule has 0 radical (unpaired) electrons. The number of hydrogen-bond acceptors (Lipinski definition) is 2. The summed E-state index contributed by atoms with van der Waals surface area (Å²) in [5.41, 5.74) is 4.10. The van der Waals surface area contributed by atoms with E-state index in [9.17, 15) is 4.39 Å². The molecule has 0 aliphatic carbocycles. The zero-order valence-corrected chi connectivity index (χ0v) is 12.7. The van der Waals surface area contributed by atoms with E-state index in [0.29, 0.717) is 11.0 Å². The molecule has 1 heterocycles. The van der Waals surface area contributed by atoms with Crippen molar-refractivity contribution in [1.29, 1.82) is 0 Å². The van der Waals surface area contributed by atoms with E-state index in [0.717, 1.165) is 22.5 Å². The number of aromatic amines is 1. The Bertz CT molecular complexity index is 724. The molecule has 0 aliphatic rings. The average molecular weight is 346 g/mol. The number of benzene rings is 2. The predicted molar refractivity (Wildman–Crippen MR) is 85.5 cm³/mol. The van der Waals surface area contributed by atoms with Gasteiger partial charge >= 0.3 is 0 Å². The predicted octanol–water partition coefficient (Wildman–Crippen LogP) is 4.59. The highest BCUT2D eigenvalue weighted by Crippen LogP contribution is 2.20. The molecular weight excluding hydrogens is 333 g/mol. The standard InChI is InChI=1S/C16H13BrFN3/c17-14-9-11(1-6-15(14)18)10-19-13-4-2-12(3-5-13)16-7-8-20-21-16/h1-9,19H,10H2,(H,20,21). The first-order valence-corrected chi connectivity index (χ1v) is 7.29. The van der Waals surface area contributed by atoms with Crippen molar-refractivity contribution < 1.29 is 4.39 Å². The fraction of sp³-hybridized carbons (Fsp3) is 0.0625. The summed E-state index contributed by atoms with van der Waals surface area (Å²) < 4.78 is 13.6. The summed E-state index contributed by atoms with van der Waals surface area (Å²) in [6.07, 6.45) is 1.73. The van der Waals surface area contributed by atoms with Gasteiger partial charge in [0.15, 0.2) is 0 Å². The molecule has 2 aromatic carbocycles. The summed E-state index contributed by atoms with van der Waals surface area (Å²) in [4.78, 5) is 0. The second kappa shape index (κ2) is 6.10. The SMILES string of the molecule is Fc1ccc(CNc2ccc(-c3ccn[nH]3)cc2)cc1Br. The molecule has 3 nitrogen and oxygen atoms in total. The van der Waals surface area contributed by atoms with Crippen LogP contribution in [0.25, 0.3) is 11.3 Å². The fourth-order valence-electron chi connectivity index (χ4n) is 2.04. The number of halogens is 2. The first-order valence-electron chi connectivity index (χ1n) is 6.50. The quantitative estimate of drug-likeness (QED) is 0.725. The van der Waals surface area contributed by atoms with E-state index in [4.69, 9.17) is 0 Å². The van der Waals surface area contributed by atoms with Crippen LogP contribution < -0.4 is 5.32 Å². The molecule has 0 saturated carbocycles. The van der Waals surface area contributed by atoms with E-state index in [2.05, 4.69) is 31.4 Å². The summed E-state index contributed by atoms with van der Waals surface area (Å²) in [5.74, 6) is -0.248. The van der Waals surface area contributed by atoms with Crippen LogP contribution in [-0.4, -0.2) is 10.2 Å². The van der Waals surface area contributed by atoms with Crippen molar-refractivity contribution in [2.24, 2.45) is 0 Å². The molecule has 21 heavy (non-hydrogen) atoms. The maximum Gasteiger partial charge on any atom is 0.137 e. The van der Waals surface area contributed by atoms with Crippen molar-refractivity contribution >= 4 is 21.6 Å². The van der Waals surface area contributed by atoms with Gasteiger partial charge in [0, 0.05) is 18.4 Å². The van der Waals surface area contributed by atoms with Crippen molar-refractivity contribution in [3.63, 3.8) is 0 Å². The van der Waals surface area contributed by atoms with Crippen LogP contribution >= 0.6 is 15.9 Å². The lowest BCUT2D eigenvalue weighted by molar-refractivity contribution is 0.620. The lowest BCUT2D eigenvalue weighted by Gasteiger charge is -2.08. The summed E-state index contributed by atoms with van der Waals surface area (Å²) in [6, 6.07) is 15.0. The third-order valence-corrected chi connectivity index (χ3v) is 3.78. The van der Waals surface area contributed by atoms with E-state index in [-0.39, 0.29) is 5.82 Å². The highest BCUT2D eigenvalue weighted by molar-refractivity contribution is 9.10. The number of aromatic nitrogens is 2. The monoisotopic (exact) mass is 345 g/mol. The molecule has 2 N–H and O–H groups in total. The Morgan fingerprint density at radius 1 is 1.10 bits per heavy atom. The summed E-state index contributed by atoms with van der Waals surface area (Å²) in [5, 5.41) is 10.2. The molecule has 3 aromatic rings. The van der Waals surface area contributed by atoms with E-state index in [1.807, 2.05) is 30.3 Å². The lowest BCUT2D eigenvalue weighted by Crippen LogP contribution is -1.99. The number of H-pyrrole nitrogens is 1. The second-order valence-electron chi connectivity index (χ2n) is 4.65. The van der Waals surface area contributed by atoms with Gasteiger partial charge in [-0.2, -0.15) is 5.10 Å². The summed E-state index contributed by atoms with van der Waals surface area (Å²) in [6.45, 7) is 0.641. The zero-order chi connectivity index (χ0) is 14.7. The Kier molecular flexibility index (Phi) is 4.01. The maximum absolute atomic E-state index is 13.2. The van der Waals surface area contributed by atoms with Gasteiger partial charge in [0.05, 0.1) is 10.2 Å². The van der Waals surface area contributed by atoms with Crippen LogP contribution in [0.1, 0.15) is 5.56 Å². The Morgan fingerprint density at radius 3 is 2.57 bits per heavy atom. The minimum atomic E-state index is -0.248. The van der Waals surface area contributed by atoms with E-state index < -0.39 is 0 Å². The molecule has 0 fully saturated rings. The number of nitrogens with one attached hydrogen (secondary N) is 2. The van der Waals surface area contributed by atoms with Gasteiger partial charge in [0.25, 0.3) is 0 Å². The molecule has 0 amide bonds. The van der Waals surface area contributed by atoms with E-state index in [1.165, 1.54) is 6.07 Å². The average Bonchev–Trinajstić information content (AvgIpc) is 3.03. The molecule has 0 unspecified atom stereocenters. The van der Waals surface area contributed by atoms with Crippen LogP contribution in [0.15, 0.2) is 59.2 Å². The Balaban J connectivity index is 1.66. The maximum atomic E-state index is 13.2. The molecule has 0 atom stereocenters. The largest absolute Gasteiger partial charge is 0.381 e. The molecule has 0 saturated heterocycles. The van der Waals surface area contributed by atoms with Crippen LogP contribution in [0.3, 0.4) is 0 Å². The molecule has 0 spiro atoms. The highest BCUT2D eigenvalue weighted by atomic mass is 79.9. The molecular formula is C16H13BrFN3. The van der Waals surface area contributed by atoms with Gasteiger partial charge in [-0.15, -0.1) is 0 Å². The third kappa shape index (κ3) is 3.31. The van der Waals surface area contributed by atoms with Crippen LogP contribution in [0.5, 0.6) is 0 Å². The fourth-order valence-corrected chi connectivity index (χ4v) is 2.46. The van der Waals surface area contributed by atoms with Crippen molar-refractivity contribution in [2.45, 2.75) is 6.54 Å². The first-order chi connectivity index (χ1) is 10.2. The highest BCUT2D eigenvalue weighted by Gasteiger charge is 2.02. The minimum absolute atomic E-state index is 0.248. The lowest BCUT2D eigenvalue weighted by atomic mass is 10.1. The molecule has 3 rings (SSSR count). The van der Waals surface area contributed by atoms with Gasteiger partial charge in [0.2, 0.25) is 0 Å². The van der Waals surface area contributed by atoms with Crippen LogP contribution in [-0.2, 0) is 6.54 Å². The summed E-state index contributed by atoms with van der Waals surface area (Å²) >= 11 is 3.19. The normalized spacial score (nSPS) is 10.6. The molecule has 0 bridgehead atoms. The zero-order valence-electron chi connectivity index (χ0n) is 11.1. The molecule has 0 aliphatic heterocycles. The number of anilines is 1. The number of hydrogen-bond donors (Lipinski definition) is 2. The van der Waals surface area contributed by atoms with Gasteiger partial charge in [0.1, 0.15) is 5.82 Å². The molecule has 1 aromatic heterocycles. The Labute approximate surface area is 130 Å². The summed E-state index contributed by atoms with van der Waals surface area (Å²) in [7, 11) is 0. The van der Waals surface area contributed by atoms with Gasteiger partial charge in [-0.05, 0) is 57.4 Å². The topological polar surface area (TPSA) is 40.7 Å². The van der Waals surface area contributed by atoms with E-state index in [1.54, 1.807) is 18.3 Å². The minimum Gasteiger partial charge on any atom is -0.381 e. The Hall–Kier alpha value is -2.14. The first kappa shape index (κ1) is 13.8. The number of rotatable bonds is 4. The van der Waals surface area contributed by atoms with Crippen molar-refractivity contribution in [1.82, 2.24) is 10.2 Å².